The van der Waals surface area contributed by atoms with Gasteiger partial charge < -0.3 is 15.4 Å². The maximum atomic E-state index is 12.1. The molecule has 1 aromatic heterocycles. The number of rotatable bonds is 6. The smallest absolute Gasteiger partial charge is 0.320 e. The van der Waals surface area contributed by atoms with Crippen molar-refractivity contribution in [2.45, 2.75) is 32.7 Å². The van der Waals surface area contributed by atoms with Crippen molar-refractivity contribution in [3.63, 3.8) is 0 Å². The Balaban J connectivity index is 1.89. The van der Waals surface area contributed by atoms with E-state index in [1.165, 1.54) is 0 Å². The topological polar surface area (TPSA) is 81.3 Å². The number of carbonyl (C=O) groups is 1. The zero-order valence-corrected chi connectivity index (χ0v) is 13.9. The highest BCUT2D eigenvalue weighted by atomic mass is 16.5. The molecule has 0 saturated carbocycles. The van der Waals surface area contributed by atoms with Gasteiger partial charge in [-0.15, -0.1) is 0 Å². The Kier molecular flexibility index (Phi) is 4.93. The van der Waals surface area contributed by atoms with Crippen LogP contribution in [0.1, 0.15) is 30.9 Å². The van der Waals surface area contributed by atoms with E-state index < -0.39 is 0 Å². The maximum absolute atomic E-state index is 12.1. The molecule has 1 aliphatic rings. The Morgan fingerprint density at radius 3 is 2.79 bits per heavy atom. The SMILES string of the molecule is CCCCOc1nc(N)c2c(n1)N(Cc1ccccc1)CC(=O)C2. The zero-order valence-electron chi connectivity index (χ0n) is 13.9. The maximum Gasteiger partial charge on any atom is 0.320 e. The fraction of sp³-hybridized carbons (Fsp3) is 0.389. The number of nitrogens with two attached hydrogens (primary N) is 1. The normalized spacial score (nSPS) is 13.7. The number of unbranched alkanes of at least 4 members (excludes halogenated alkanes) is 1. The van der Waals surface area contributed by atoms with Crippen LogP contribution in [-0.2, 0) is 17.8 Å². The summed E-state index contributed by atoms with van der Waals surface area (Å²) < 4.78 is 5.60. The predicted molar refractivity (Wildman–Crippen MR) is 93.1 cm³/mol. The first-order valence-corrected chi connectivity index (χ1v) is 8.27. The van der Waals surface area contributed by atoms with Crippen molar-refractivity contribution in [2.24, 2.45) is 0 Å². The molecule has 2 heterocycles. The van der Waals surface area contributed by atoms with Gasteiger partial charge in [0, 0.05) is 18.5 Å². The van der Waals surface area contributed by atoms with Crippen LogP contribution in [0.5, 0.6) is 6.01 Å². The van der Waals surface area contributed by atoms with Gasteiger partial charge in [0.15, 0.2) is 5.78 Å². The molecule has 1 aromatic carbocycles. The van der Waals surface area contributed by atoms with Gasteiger partial charge in [-0.2, -0.15) is 9.97 Å². The van der Waals surface area contributed by atoms with Gasteiger partial charge in [-0.1, -0.05) is 43.7 Å². The van der Waals surface area contributed by atoms with Crippen molar-refractivity contribution in [1.82, 2.24) is 9.97 Å². The molecule has 6 nitrogen and oxygen atoms in total. The molecule has 0 atom stereocenters. The Morgan fingerprint density at radius 2 is 2.04 bits per heavy atom. The first-order valence-electron chi connectivity index (χ1n) is 8.27. The fourth-order valence-corrected chi connectivity index (χ4v) is 2.75. The molecule has 0 amide bonds. The summed E-state index contributed by atoms with van der Waals surface area (Å²) in [6, 6.07) is 10.3. The summed E-state index contributed by atoms with van der Waals surface area (Å²) in [5.41, 5.74) is 7.87. The van der Waals surface area contributed by atoms with Crippen molar-refractivity contribution in [3.05, 3.63) is 41.5 Å². The summed E-state index contributed by atoms with van der Waals surface area (Å²) in [5.74, 6) is 1.16. The quantitative estimate of drug-likeness (QED) is 0.821. The third-order valence-electron chi connectivity index (χ3n) is 3.98. The summed E-state index contributed by atoms with van der Waals surface area (Å²) in [6.45, 7) is 3.59. The minimum Gasteiger partial charge on any atom is -0.463 e. The highest BCUT2D eigenvalue weighted by molar-refractivity contribution is 5.91. The average Bonchev–Trinajstić information content (AvgIpc) is 2.57. The molecule has 3 rings (SSSR count). The van der Waals surface area contributed by atoms with E-state index in [9.17, 15) is 4.79 Å². The molecule has 0 spiro atoms. The number of aromatic nitrogens is 2. The van der Waals surface area contributed by atoms with Crippen LogP contribution in [0.4, 0.5) is 11.6 Å². The molecule has 0 aliphatic carbocycles. The van der Waals surface area contributed by atoms with Crippen molar-refractivity contribution in [3.8, 4) is 6.01 Å². The molecule has 0 saturated heterocycles. The predicted octanol–water partition coefficient (Wildman–Crippen LogP) is 2.37. The van der Waals surface area contributed by atoms with Crippen molar-refractivity contribution < 1.29 is 9.53 Å². The van der Waals surface area contributed by atoms with Gasteiger partial charge in [-0.25, -0.2) is 0 Å². The number of hydrogen-bond acceptors (Lipinski definition) is 6. The number of nitrogen functional groups attached to an aromatic ring is 1. The number of fused-ring (bicyclic) bond motifs is 1. The summed E-state index contributed by atoms with van der Waals surface area (Å²) in [4.78, 5) is 22.8. The van der Waals surface area contributed by atoms with E-state index in [1.54, 1.807) is 0 Å². The molecule has 2 aromatic rings. The van der Waals surface area contributed by atoms with Crippen LogP contribution in [0.15, 0.2) is 30.3 Å². The Labute approximate surface area is 141 Å². The van der Waals surface area contributed by atoms with Crippen LogP contribution in [0, 0.1) is 0 Å². The van der Waals surface area contributed by atoms with Crippen molar-refractivity contribution in [1.29, 1.82) is 0 Å². The lowest BCUT2D eigenvalue weighted by molar-refractivity contribution is -0.117. The first-order chi connectivity index (χ1) is 11.7. The molecule has 126 valence electrons. The number of anilines is 2. The third-order valence-corrected chi connectivity index (χ3v) is 3.98. The molecule has 2 N–H and O–H groups in total. The second-order valence-electron chi connectivity index (χ2n) is 5.95. The number of benzene rings is 1. The number of carbonyl (C=O) groups excluding carboxylic acids is 1. The van der Waals surface area contributed by atoms with Gasteiger partial charge in [-0.05, 0) is 12.0 Å². The van der Waals surface area contributed by atoms with Crippen molar-refractivity contribution >= 4 is 17.4 Å². The minimum absolute atomic E-state index is 0.119. The monoisotopic (exact) mass is 326 g/mol. The summed E-state index contributed by atoms with van der Waals surface area (Å²) in [6.07, 6.45) is 2.25. The Morgan fingerprint density at radius 1 is 1.25 bits per heavy atom. The molecule has 0 bridgehead atoms. The second kappa shape index (κ2) is 7.29. The lowest BCUT2D eigenvalue weighted by atomic mass is 10.0. The third kappa shape index (κ3) is 3.64. The molecule has 0 fully saturated rings. The fourth-order valence-electron chi connectivity index (χ4n) is 2.75. The summed E-state index contributed by atoms with van der Waals surface area (Å²) in [5, 5.41) is 0. The highest BCUT2D eigenvalue weighted by Crippen LogP contribution is 2.30. The van der Waals surface area contributed by atoms with Crippen LogP contribution in [0.2, 0.25) is 0 Å². The molecule has 1 aliphatic heterocycles. The van der Waals surface area contributed by atoms with E-state index in [4.69, 9.17) is 10.5 Å². The lowest BCUT2D eigenvalue weighted by Crippen LogP contribution is -2.36. The number of ether oxygens (including phenoxy) is 1. The Hall–Kier alpha value is -2.63. The van der Waals surface area contributed by atoms with Crippen LogP contribution >= 0.6 is 0 Å². The van der Waals surface area contributed by atoms with E-state index >= 15 is 0 Å². The molecule has 6 heteroatoms. The van der Waals surface area contributed by atoms with Crippen LogP contribution < -0.4 is 15.4 Å². The molecular formula is C18H22N4O2. The van der Waals surface area contributed by atoms with Gasteiger partial charge >= 0.3 is 6.01 Å². The van der Waals surface area contributed by atoms with E-state index in [0.29, 0.717) is 36.9 Å². The van der Waals surface area contributed by atoms with E-state index in [-0.39, 0.29) is 18.2 Å². The van der Waals surface area contributed by atoms with Gasteiger partial charge in [0.05, 0.1) is 13.2 Å². The van der Waals surface area contributed by atoms with E-state index in [1.807, 2.05) is 35.2 Å². The van der Waals surface area contributed by atoms with Crippen LogP contribution in [-0.4, -0.2) is 28.9 Å². The van der Waals surface area contributed by atoms with E-state index in [2.05, 4.69) is 16.9 Å². The first kappa shape index (κ1) is 16.2. The number of Topliss-reactive ketones (excluding diaryl/α,β-unsaturated/α-hetero) is 1. The molecule has 24 heavy (non-hydrogen) atoms. The van der Waals surface area contributed by atoms with Gasteiger partial charge in [0.2, 0.25) is 0 Å². The largest absolute Gasteiger partial charge is 0.463 e. The summed E-state index contributed by atoms with van der Waals surface area (Å²) in [7, 11) is 0. The number of ketones is 1. The molecular weight excluding hydrogens is 304 g/mol. The average molecular weight is 326 g/mol. The lowest BCUT2D eigenvalue weighted by Gasteiger charge is -2.29. The zero-order chi connectivity index (χ0) is 16.9. The summed E-state index contributed by atoms with van der Waals surface area (Å²) >= 11 is 0. The molecule has 0 radical (unpaired) electrons. The van der Waals surface area contributed by atoms with Crippen molar-refractivity contribution in [2.75, 3.05) is 23.8 Å². The second-order valence-corrected chi connectivity index (χ2v) is 5.95. The van der Waals surface area contributed by atoms with Crippen LogP contribution in [0.3, 0.4) is 0 Å². The van der Waals surface area contributed by atoms with Gasteiger partial charge in [0.1, 0.15) is 11.6 Å². The molecule has 0 unspecified atom stereocenters. The van der Waals surface area contributed by atoms with E-state index in [0.717, 1.165) is 18.4 Å². The van der Waals surface area contributed by atoms with Gasteiger partial charge in [-0.3, -0.25) is 4.79 Å². The number of hydrogen-bond donors (Lipinski definition) is 1. The Bertz CT molecular complexity index is 718. The van der Waals surface area contributed by atoms with Gasteiger partial charge in [0.25, 0.3) is 0 Å². The number of nitrogens with zero attached hydrogens (tertiary/aromatic N) is 3. The van der Waals surface area contributed by atoms with Crippen LogP contribution in [0.25, 0.3) is 0 Å². The highest BCUT2D eigenvalue weighted by Gasteiger charge is 2.27. The standard InChI is InChI=1S/C18H22N4O2/c1-2-3-9-24-18-20-16(19)15-10-14(23)12-22(17(15)21-18)11-13-7-5-4-6-8-13/h4-8H,2-3,9-12H2,1H3,(H2,19,20,21). The minimum atomic E-state index is 0.119.